The van der Waals surface area contributed by atoms with Crippen LogP contribution in [-0.2, 0) is 4.79 Å². The molecule has 0 aliphatic carbocycles. The van der Waals surface area contributed by atoms with Crippen molar-refractivity contribution in [2.45, 2.75) is 0 Å². The first-order valence-electron chi connectivity index (χ1n) is 4.13. The van der Waals surface area contributed by atoms with Gasteiger partial charge in [-0.1, -0.05) is 0 Å². The number of benzene rings is 1. The second-order valence-corrected chi connectivity index (χ2v) is 2.81. The highest BCUT2D eigenvalue weighted by atomic mass is 19.1. The minimum absolute atomic E-state index is 0.191. The second-order valence-electron chi connectivity index (χ2n) is 2.81. The van der Waals surface area contributed by atoms with Gasteiger partial charge in [-0.2, -0.15) is 0 Å². The van der Waals surface area contributed by atoms with Gasteiger partial charge in [0, 0.05) is 0 Å². The van der Waals surface area contributed by atoms with Gasteiger partial charge in [0.15, 0.2) is 0 Å². The number of amides is 1. The molecule has 14 heavy (non-hydrogen) atoms. The molecule has 4 N–H and O–H groups in total. The quantitative estimate of drug-likeness (QED) is 0.620. The van der Waals surface area contributed by atoms with E-state index in [1.165, 1.54) is 12.1 Å². The average Bonchev–Trinajstić information content (AvgIpc) is 2.10. The molecule has 1 aromatic rings. The van der Waals surface area contributed by atoms with E-state index in [2.05, 4.69) is 10.6 Å². The molecule has 0 radical (unpaired) electrons. The van der Waals surface area contributed by atoms with Crippen molar-refractivity contribution in [3.63, 3.8) is 0 Å². The zero-order chi connectivity index (χ0) is 10.6. The van der Waals surface area contributed by atoms with Gasteiger partial charge in [0.25, 0.3) is 0 Å². The molecule has 0 atom stereocenters. The predicted molar refractivity (Wildman–Crippen MR) is 53.4 cm³/mol. The van der Waals surface area contributed by atoms with Crippen molar-refractivity contribution in [3.8, 4) is 0 Å². The lowest BCUT2D eigenvalue weighted by Crippen LogP contribution is -2.25. The maximum absolute atomic E-state index is 12.6. The minimum Gasteiger partial charge on any atom is -0.397 e. The number of halogens is 1. The number of carbonyl (C=O) groups excluding carboxylic acids is 1. The molecule has 0 fully saturated rings. The Balaban J connectivity index is 2.72. The summed E-state index contributed by atoms with van der Waals surface area (Å²) in [7, 11) is 1.66. The van der Waals surface area contributed by atoms with E-state index < -0.39 is 5.82 Å². The lowest BCUT2D eigenvalue weighted by molar-refractivity contribution is -0.115. The van der Waals surface area contributed by atoms with Crippen LogP contribution in [0.3, 0.4) is 0 Å². The Bertz CT molecular complexity index is 341. The van der Waals surface area contributed by atoms with Crippen molar-refractivity contribution in [1.82, 2.24) is 5.32 Å². The van der Waals surface area contributed by atoms with E-state index in [4.69, 9.17) is 5.73 Å². The molecule has 1 aromatic carbocycles. The SMILES string of the molecule is CNCC(=O)Nc1ccc(F)cc1N. The predicted octanol–water partition coefficient (Wildman–Crippen LogP) is 0.566. The van der Waals surface area contributed by atoms with Crippen LogP contribution in [0.25, 0.3) is 0 Å². The highest BCUT2D eigenvalue weighted by molar-refractivity contribution is 5.95. The number of carbonyl (C=O) groups is 1. The van der Waals surface area contributed by atoms with Crippen LogP contribution < -0.4 is 16.4 Å². The number of hydrogen-bond acceptors (Lipinski definition) is 3. The molecule has 0 bridgehead atoms. The summed E-state index contributed by atoms with van der Waals surface area (Å²) < 4.78 is 12.6. The Labute approximate surface area is 81.3 Å². The highest BCUT2D eigenvalue weighted by Gasteiger charge is 2.04. The number of anilines is 2. The van der Waals surface area contributed by atoms with Gasteiger partial charge in [0.1, 0.15) is 5.82 Å². The highest BCUT2D eigenvalue weighted by Crippen LogP contribution is 2.18. The van der Waals surface area contributed by atoms with Gasteiger partial charge in [-0.05, 0) is 25.2 Å². The smallest absolute Gasteiger partial charge is 0.238 e. The summed E-state index contributed by atoms with van der Waals surface area (Å²) in [5.74, 6) is -0.639. The van der Waals surface area contributed by atoms with Crippen molar-refractivity contribution in [3.05, 3.63) is 24.0 Å². The normalized spacial score (nSPS) is 9.86. The van der Waals surface area contributed by atoms with Gasteiger partial charge in [-0.25, -0.2) is 4.39 Å². The van der Waals surface area contributed by atoms with E-state index in [1.54, 1.807) is 7.05 Å². The first kappa shape index (κ1) is 10.5. The van der Waals surface area contributed by atoms with Crippen LogP contribution in [0, 0.1) is 5.82 Å². The molecule has 0 saturated carbocycles. The molecule has 0 unspecified atom stereocenters. The maximum atomic E-state index is 12.6. The summed E-state index contributed by atoms with van der Waals surface area (Å²) in [6.45, 7) is 0.191. The largest absolute Gasteiger partial charge is 0.397 e. The maximum Gasteiger partial charge on any atom is 0.238 e. The molecule has 5 heteroatoms. The van der Waals surface area contributed by atoms with Gasteiger partial charge >= 0.3 is 0 Å². The molecule has 0 spiro atoms. The van der Waals surface area contributed by atoms with Crippen molar-refractivity contribution in [2.24, 2.45) is 0 Å². The molecule has 1 rings (SSSR count). The molecule has 0 aliphatic heterocycles. The lowest BCUT2D eigenvalue weighted by Gasteiger charge is -2.07. The van der Waals surface area contributed by atoms with Crippen molar-refractivity contribution < 1.29 is 9.18 Å². The van der Waals surface area contributed by atoms with Gasteiger partial charge in [-0.3, -0.25) is 4.79 Å². The zero-order valence-electron chi connectivity index (χ0n) is 7.80. The summed E-state index contributed by atoms with van der Waals surface area (Å²) in [5, 5.41) is 5.24. The fraction of sp³-hybridized carbons (Fsp3) is 0.222. The fourth-order valence-corrected chi connectivity index (χ4v) is 1.00. The van der Waals surface area contributed by atoms with Crippen LogP contribution in [0.2, 0.25) is 0 Å². The molecule has 0 heterocycles. The molecule has 4 nitrogen and oxygen atoms in total. The first-order valence-corrected chi connectivity index (χ1v) is 4.13. The summed E-state index contributed by atoms with van der Waals surface area (Å²) in [4.78, 5) is 11.1. The fourth-order valence-electron chi connectivity index (χ4n) is 1.00. The summed E-state index contributed by atoms with van der Waals surface area (Å²) >= 11 is 0. The Morgan fingerprint density at radius 3 is 2.86 bits per heavy atom. The van der Waals surface area contributed by atoms with Crippen molar-refractivity contribution in [1.29, 1.82) is 0 Å². The Hall–Kier alpha value is -1.62. The minimum atomic E-state index is -0.422. The van der Waals surface area contributed by atoms with E-state index in [0.717, 1.165) is 6.07 Å². The van der Waals surface area contributed by atoms with Crippen molar-refractivity contribution in [2.75, 3.05) is 24.6 Å². The summed E-state index contributed by atoms with van der Waals surface area (Å²) in [5.41, 5.74) is 6.13. The number of hydrogen-bond donors (Lipinski definition) is 3. The zero-order valence-corrected chi connectivity index (χ0v) is 7.80. The van der Waals surface area contributed by atoms with Crippen molar-refractivity contribution >= 4 is 17.3 Å². The van der Waals surface area contributed by atoms with Crippen LogP contribution in [-0.4, -0.2) is 19.5 Å². The lowest BCUT2D eigenvalue weighted by atomic mass is 10.2. The summed E-state index contributed by atoms with van der Waals surface area (Å²) in [6.07, 6.45) is 0. The third-order valence-electron chi connectivity index (χ3n) is 1.63. The number of rotatable bonds is 3. The van der Waals surface area contributed by atoms with Crippen LogP contribution in [0.15, 0.2) is 18.2 Å². The molecular weight excluding hydrogens is 185 g/mol. The standard InChI is InChI=1S/C9H12FN3O/c1-12-5-9(14)13-8-3-2-6(10)4-7(8)11/h2-4,12H,5,11H2,1H3,(H,13,14). The van der Waals surface area contributed by atoms with E-state index in [-0.39, 0.29) is 18.1 Å². The van der Waals surface area contributed by atoms with Gasteiger partial charge in [0.05, 0.1) is 17.9 Å². The van der Waals surface area contributed by atoms with Crippen LogP contribution in [0.1, 0.15) is 0 Å². The molecular formula is C9H12FN3O. The number of likely N-dealkylation sites (N-methyl/N-ethyl adjacent to an activating group) is 1. The van der Waals surface area contributed by atoms with E-state index >= 15 is 0 Å². The topological polar surface area (TPSA) is 67.2 Å². The van der Waals surface area contributed by atoms with E-state index in [0.29, 0.717) is 5.69 Å². The third kappa shape index (κ3) is 2.70. The third-order valence-corrected chi connectivity index (χ3v) is 1.63. The Morgan fingerprint density at radius 1 is 1.57 bits per heavy atom. The number of nitrogen functional groups attached to an aromatic ring is 1. The number of nitrogens with two attached hydrogens (primary N) is 1. The first-order chi connectivity index (χ1) is 6.63. The Morgan fingerprint density at radius 2 is 2.29 bits per heavy atom. The summed E-state index contributed by atoms with van der Waals surface area (Å²) in [6, 6.07) is 3.83. The molecule has 0 saturated heterocycles. The molecule has 0 aromatic heterocycles. The van der Waals surface area contributed by atoms with E-state index in [9.17, 15) is 9.18 Å². The van der Waals surface area contributed by atoms with Gasteiger partial charge in [0.2, 0.25) is 5.91 Å². The number of nitrogens with one attached hydrogen (secondary N) is 2. The molecule has 1 amide bonds. The average molecular weight is 197 g/mol. The van der Waals surface area contributed by atoms with E-state index in [1.807, 2.05) is 0 Å². The molecule has 0 aliphatic rings. The van der Waals surface area contributed by atoms with Crippen LogP contribution in [0.4, 0.5) is 15.8 Å². The monoisotopic (exact) mass is 197 g/mol. The van der Waals surface area contributed by atoms with Crippen LogP contribution in [0.5, 0.6) is 0 Å². The van der Waals surface area contributed by atoms with Gasteiger partial charge < -0.3 is 16.4 Å². The van der Waals surface area contributed by atoms with Crippen LogP contribution >= 0.6 is 0 Å². The Kier molecular flexibility index (Phi) is 3.41. The molecule has 76 valence electrons. The van der Waals surface area contributed by atoms with Gasteiger partial charge in [-0.15, -0.1) is 0 Å². The second kappa shape index (κ2) is 4.57.